The van der Waals surface area contributed by atoms with E-state index in [2.05, 4.69) is 9.97 Å². The number of benzene rings is 1. The molecule has 4 heteroatoms. The van der Waals surface area contributed by atoms with Crippen LogP contribution in [0.25, 0.3) is 23.1 Å². The normalized spacial score (nSPS) is 11.1. The number of carboxylic acid groups (broad SMARTS) is 1. The third kappa shape index (κ3) is 2.86. The van der Waals surface area contributed by atoms with Crippen molar-refractivity contribution >= 4 is 29.0 Å². The number of hydrogen-bond donors (Lipinski definition) is 1. The Kier molecular flexibility index (Phi) is 3.66. The van der Waals surface area contributed by atoms with Crippen LogP contribution in [0, 0.1) is 6.92 Å². The first-order chi connectivity index (χ1) is 10.6. The maximum atomic E-state index is 11.3. The highest BCUT2D eigenvalue weighted by atomic mass is 16.4. The van der Waals surface area contributed by atoms with E-state index in [4.69, 9.17) is 0 Å². The van der Waals surface area contributed by atoms with Gasteiger partial charge in [-0.15, -0.1) is 0 Å². The number of aryl methyl sites for hydroxylation is 1. The maximum absolute atomic E-state index is 11.3. The largest absolute Gasteiger partial charge is 0.478 e. The van der Waals surface area contributed by atoms with Gasteiger partial charge in [0.1, 0.15) is 0 Å². The molecule has 0 amide bonds. The van der Waals surface area contributed by atoms with Crippen molar-refractivity contribution in [2.75, 3.05) is 0 Å². The molecule has 3 rings (SSSR count). The zero-order valence-electron chi connectivity index (χ0n) is 12.0. The summed E-state index contributed by atoms with van der Waals surface area (Å²) >= 11 is 0. The fourth-order valence-corrected chi connectivity index (χ4v) is 2.22. The molecule has 0 aliphatic rings. The van der Waals surface area contributed by atoms with Crippen LogP contribution in [0.2, 0.25) is 0 Å². The van der Waals surface area contributed by atoms with Crippen LogP contribution < -0.4 is 0 Å². The van der Waals surface area contributed by atoms with E-state index in [1.807, 2.05) is 49.4 Å². The van der Waals surface area contributed by atoms with E-state index in [9.17, 15) is 9.90 Å². The van der Waals surface area contributed by atoms with Gasteiger partial charge in [-0.3, -0.25) is 9.97 Å². The Hall–Kier alpha value is -3.01. The molecule has 0 spiro atoms. The van der Waals surface area contributed by atoms with E-state index in [1.54, 1.807) is 6.20 Å². The molecule has 3 aromatic rings. The monoisotopic (exact) mass is 290 g/mol. The molecule has 1 N–H and O–H groups in total. The molecule has 2 heterocycles. The average molecular weight is 290 g/mol. The zero-order chi connectivity index (χ0) is 15.5. The highest BCUT2D eigenvalue weighted by Crippen LogP contribution is 2.20. The van der Waals surface area contributed by atoms with Gasteiger partial charge in [0.2, 0.25) is 0 Å². The fraction of sp³-hybridized carbons (Fsp3) is 0.0556. The SMILES string of the molecule is Cc1ccc(C=Cc2ccc3nccc(C(=O)O)c3c2)cn1. The summed E-state index contributed by atoms with van der Waals surface area (Å²) in [7, 11) is 0. The lowest BCUT2D eigenvalue weighted by Crippen LogP contribution is -1.98. The van der Waals surface area contributed by atoms with Gasteiger partial charge in [0.15, 0.2) is 0 Å². The third-order valence-corrected chi connectivity index (χ3v) is 3.40. The topological polar surface area (TPSA) is 63.1 Å². The number of aromatic nitrogens is 2. The molecule has 0 saturated heterocycles. The van der Waals surface area contributed by atoms with Crippen molar-refractivity contribution in [2.24, 2.45) is 0 Å². The van der Waals surface area contributed by atoms with Gasteiger partial charge in [-0.05, 0) is 42.3 Å². The van der Waals surface area contributed by atoms with Crippen LogP contribution in [0.4, 0.5) is 0 Å². The lowest BCUT2D eigenvalue weighted by molar-refractivity contribution is 0.0699. The standard InChI is InChI=1S/C18H14N2O2/c1-12-2-3-14(11-20-12)5-4-13-6-7-17-16(10-13)15(18(21)22)8-9-19-17/h2-11H,1H3,(H,21,22). The number of carbonyl (C=O) groups is 1. The van der Waals surface area contributed by atoms with Gasteiger partial charge in [-0.25, -0.2) is 4.79 Å². The molecule has 0 atom stereocenters. The highest BCUT2D eigenvalue weighted by Gasteiger charge is 2.08. The lowest BCUT2D eigenvalue weighted by Gasteiger charge is -2.03. The third-order valence-electron chi connectivity index (χ3n) is 3.40. The highest BCUT2D eigenvalue weighted by molar-refractivity contribution is 6.03. The lowest BCUT2D eigenvalue weighted by atomic mass is 10.1. The number of carboxylic acids is 1. The molecule has 0 radical (unpaired) electrons. The fourth-order valence-electron chi connectivity index (χ4n) is 2.22. The predicted octanol–water partition coefficient (Wildman–Crippen LogP) is 3.81. The molecule has 0 aliphatic heterocycles. The summed E-state index contributed by atoms with van der Waals surface area (Å²) in [5, 5.41) is 9.89. The van der Waals surface area contributed by atoms with Crippen molar-refractivity contribution in [1.29, 1.82) is 0 Å². The Balaban J connectivity index is 1.99. The molecular formula is C18H14N2O2. The van der Waals surface area contributed by atoms with Crippen LogP contribution >= 0.6 is 0 Å². The summed E-state index contributed by atoms with van der Waals surface area (Å²) in [6.45, 7) is 1.94. The first-order valence-electron chi connectivity index (χ1n) is 6.86. The summed E-state index contributed by atoms with van der Waals surface area (Å²) in [5.74, 6) is -0.948. The van der Waals surface area contributed by atoms with E-state index in [0.717, 1.165) is 16.8 Å². The Bertz CT molecular complexity index is 868. The molecule has 0 bridgehead atoms. The van der Waals surface area contributed by atoms with Crippen molar-refractivity contribution in [1.82, 2.24) is 9.97 Å². The number of nitrogens with zero attached hydrogens (tertiary/aromatic N) is 2. The minimum atomic E-state index is -0.948. The molecule has 0 fully saturated rings. The average Bonchev–Trinajstić information content (AvgIpc) is 2.53. The molecule has 22 heavy (non-hydrogen) atoms. The number of fused-ring (bicyclic) bond motifs is 1. The molecule has 4 nitrogen and oxygen atoms in total. The molecule has 0 unspecified atom stereocenters. The number of hydrogen-bond acceptors (Lipinski definition) is 3. The van der Waals surface area contributed by atoms with Crippen molar-refractivity contribution in [3.8, 4) is 0 Å². The second-order valence-corrected chi connectivity index (χ2v) is 5.01. The maximum Gasteiger partial charge on any atom is 0.336 e. The van der Waals surface area contributed by atoms with Crippen LogP contribution in [0.3, 0.4) is 0 Å². The van der Waals surface area contributed by atoms with Gasteiger partial charge in [0, 0.05) is 23.5 Å². The number of aromatic carboxylic acids is 1. The second kappa shape index (κ2) is 5.77. The van der Waals surface area contributed by atoms with Crippen LogP contribution in [0.1, 0.15) is 27.2 Å². The van der Waals surface area contributed by atoms with Gasteiger partial charge >= 0.3 is 5.97 Å². The van der Waals surface area contributed by atoms with Gasteiger partial charge < -0.3 is 5.11 Å². The first kappa shape index (κ1) is 13.9. The Morgan fingerprint density at radius 2 is 1.82 bits per heavy atom. The van der Waals surface area contributed by atoms with E-state index in [1.165, 1.54) is 12.3 Å². The van der Waals surface area contributed by atoms with Crippen LogP contribution in [0.15, 0.2) is 48.8 Å². The molecule has 1 aromatic carbocycles. The molecular weight excluding hydrogens is 276 g/mol. The smallest absolute Gasteiger partial charge is 0.336 e. The van der Waals surface area contributed by atoms with E-state index in [0.29, 0.717) is 10.9 Å². The van der Waals surface area contributed by atoms with Gasteiger partial charge in [-0.2, -0.15) is 0 Å². The van der Waals surface area contributed by atoms with Crippen molar-refractivity contribution in [3.05, 3.63) is 71.2 Å². The molecule has 0 aliphatic carbocycles. The summed E-state index contributed by atoms with van der Waals surface area (Å²) in [4.78, 5) is 19.7. The van der Waals surface area contributed by atoms with E-state index >= 15 is 0 Å². The minimum absolute atomic E-state index is 0.261. The molecule has 108 valence electrons. The summed E-state index contributed by atoms with van der Waals surface area (Å²) in [6, 6.07) is 11.0. The van der Waals surface area contributed by atoms with Gasteiger partial charge in [0.25, 0.3) is 0 Å². The summed E-state index contributed by atoms with van der Waals surface area (Å²) in [5.41, 5.74) is 3.82. The molecule has 2 aromatic heterocycles. The van der Waals surface area contributed by atoms with Crippen molar-refractivity contribution in [3.63, 3.8) is 0 Å². The van der Waals surface area contributed by atoms with Crippen molar-refractivity contribution in [2.45, 2.75) is 6.92 Å². The number of rotatable bonds is 3. The quantitative estimate of drug-likeness (QED) is 0.796. The first-order valence-corrected chi connectivity index (χ1v) is 6.86. The summed E-state index contributed by atoms with van der Waals surface area (Å²) in [6.07, 6.45) is 7.20. The minimum Gasteiger partial charge on any atom is -0.478 e. The van der Waals surface area contributed by atoms with E-state index < -0.39 is 5.97 Å². The summed E-state index contributed by atoms with van der Waals surface area (Å²) < 4.78 is 0. The van der Waals surface area contributed by atoms with Gasteiger partial charge in [-0.1, -0.05) is 24.3 Å². The zero-order valence-corrected chi connectivity index (χ0v) is 12.0. The van der Waals surface area contributed by atoms with E-state index in [-0.39, 0.29) is 5.56 Å². The van der Waals surface area contributed by atoms with Crippen LogP contribution in [-0.4, -0.2) is 21.0 Å². The number of pyridine rings is 2. The Labute approximate surface area is 127 Å². The van der Waals surface area contributed by atoms with Crippen LogP contribution in [0.5, 0.6) is 0 Å². The van der Waals surface area contributed by atoms with Crippen molar-refractivity contribution < 1.29 is 9.90 Å². The van der Waals surface area contributed by atoms with Crippen LogP contribution in [-0.2, 0) is 0 Å². The van der Waals surface area contributed by atoms with Gasteiger partial charge in [0.05, 0.1) is 11.1 Å². The Morgan fingerprint density at radius 3 is 2.55 bits per heavy atom. The second-order valence-electron chi connectivity index (χ2n) is 5.01. The molecule has 0 saturated carbocycles. The Morgan fingerprint density at radius 1 is 1.05 bits per heavy atom. The predicted molar refractivity (Wildman–Crippen MR) is 86.6 cm³/mol.